The Morgan fingerprint density at radius 3 is 2.56 bits per heavy atom. The minimum absolute atomic E-state index is 0.585. The van der Waals surface area contributed by atoms with Gasteiger partial charge in [-0.1, -0.05) is 0 Å². The van der Waals surface area contributed by atoms with Gasteiger partial charge in [0.05, 0.1) is 0 Å². The van der Waals surface area contributed by atoms with Crippen LogP contribution in [0.3, 0.4) is 0 Å². The monoisotopic (exact) mass is 248 g/mol. The van der Waals surface area contributed by atoms with Crippen molar-refractivity contribution >= 4 is 0 Å². The Labute approximate surface area is 111 Å². The van der Waals surface area contributed by atoms with Crippen LogP contribution in [0.4, 0.5) is 0 Å². The van der Waals surface area contributed by atoms with E-state index in [-0.39, 0.29) is 0 Å². The number of hydrogen-bond acceptors (Lipinski definition) is 2. The van der Waals surface area contributed by atoms with E-state index in [1.165, 1.54) is 32.1 Å². The van der Waals surface area contributed by atoms with Gasteiger partial charge >= 0.3 is 0 Å². The van der Waals surface area contributed by atoms with E-state index in [1.54, 1.807) is 12.8 Å². The van der Waals surface area contributed by atoms with Crippen LogP contribution in [0.1, 0.15) is 44.9 Å². The predicted molar refractivity (Wildman–Crippen MR) is 73.8 cm³/mol. The molecule has 2 nitrogen and oxygen atoms in total. The topological polar surface area (TPSA) is 52.0 Å². The third kappa shape index (κ3) is 1.37. The minimum Gasteiger partial charge on any atom is -0.330 e. The Hall–Kier alpha value is -0.0800. The second-order valence-electron chi connectivity index (χ2n) is 7.84. The van der Waals surface area contributed by atoms with E-state index < -0.39 is 0 Å². The average molecular weight is 248 g/mol. The number of rotatable bonds is 4. The van der Waals surface area contributed by atoms with Crippen molar-refractivity contribution in [2.24, 2.45) is 52.4 Å². The zero-order valence-corrected chi connectivity index (χ0v) is 11.5. The maximum atomic E-state index is 5.92. The molecular weight excluding hydrogens is 220 g/mol. The average Bonchev–Trinajstić information content (AvgIpc) is 3.13. The fourth-order valence-corrected chi connectivity index (χ4v) is 6.91. The second kappa shape index (κ2) is 3.96. The molecule has 2 heteroatoms. The fraction of sp³-hybridized carbons (Fsp3) is 1.00. The van der Waals surface area contributed by atoms with Crippen LogP contribution in [0.5, 0.6) is 0 Å². The molecule has 4 bridgehead atoms. The lowest BCUT2D eigenvalue weighted by Crippen LogP contribution is -2.39. The maximum Gasteiger partial charge on any atom is -0.00366 e. The van der Waals surface area contributed by atoms with Crippen LogP contribution >= 0.6 is 0 Å². The molecule has 18 heavy (non-hydrogen) atoms. The van der Waals surface area contributed by atoms with Crippen LogP contribution in [0.15, 0.2) is 0 Å². The van der Waals surface area contributed by atoms with Gasteiger partial charge in [0.2, 0.25) is 0 Å². The summed E-state index contributed by atoms with van der Waals surface area (Å²) in [5.74, 6) is 6.07. The molecule has 0 heterocycles. The van der Waals surface area contributed by atoms with Gasteiger partial charge < -0.3 is 11.5 Å². The van der Waals surface area contributed by atoms with Gasteiger partial charge in [-0.25, -0.2) is 0 Å². The summed E-state index contributed by atoms with van der Waals surface area (Å²) >= 11 is 0. The van der Waals surface area contributed by atoms with Crippen LogP contribution in [-0.2, 0) is 0 Å². The van der Waals surface area contributed by atoms with Gasteiger partial charge in [0, 0.05) is 0 Å². The third-order valence-corrected chi connectivity index (χ3v) is 7.28. The molecule has 0 aliphatic heterocycles. The molecule has 0 radical (unpaired) electrons. The van der Waals surface area contributed by atoms with Crippen LogP contribution in [0, 0.1) is 40.9 Å². The summed E-state index contributed by atoms with van der Waals surface area (Å²) in [4.78, 5) is 0. The highest BCUT2D eigenvalue weighted by atomic mass is 14.7. The summed E-state index contributed by atoms with van der Waals surface area (Å²) in [6.45, 7) is 1.60. The van der Waals surface area contributed by atoms with Gasteiger partial charge in [-0.3, -0.25) is 0 Å². The van der Waals surface area contributed by atoms with Crippen molar-refractivity contribution in [2.75, 3.05) is 13.1 Å². The van der Waals surface area contributed by atoms with Crippen LogP contribution in [0.2, 0.25) is 0 Å². The van der Waals surface area contributed by atoms with Crippen molar-refractivity contribution < 1.29 is 0 Å². The molecule has 6 unspecified atom stereocenters. The molecule has 0 aromatic carbocycles. The minimum atomic E-state index is 0.585. The molecule has 102 valence electrons. The van der Waals surface area contributed by atoms with Crippen molar-refractivity contribution in [3.63, 3.8) is 0 Å². The van der Waals surface area contributed by atoms with Crippen LogP contribution < -0.4 is 11.5 Å². The van der Waals surface area contributed by atoms with E-state index in [2.05, 4.69) is 0 Å². The van der Waals surface area contributed by atoms with E-state index in [9.17, 15) is 0 Å². The zero-order valence-electron chi connectivity index (χ0n) is 11.5. The van der Waals surface area contributed by atoms with Crippen LogP contribution in [0.25, 0.3) is 0 Å². The number of fused-ring (bicyclic) bond motifs is 9. The van der Waals surface area contributed by atoms with Crippen molar-refractivity contribution in [2.45, 2.75) is 44.9 Å². The zero-order chi connectivity index (χ0) is 12.3. The summed E-state index contributed by atoms with van der Waals surface area (Å²) in [7, 11) is 0. The van der Waals surface area contributed by atoms with E-state index in [4.69, 9.17) is 11.5 Å². The Bertz CT molecular complexity index is 338. The number of hydrogen-bond donors (Lipinski definition) is 2. The molecule has 0 aromatic heterocycles. The molecule has 0 saturated heterocycles. The first-order chi connectivity index (χ1) is 8.77. The van der Waals surface area contributed by atoms with Crippen molar-refractivity contribution in [1.29, 1.82) is 0 Å². The maximum absolute atomic E-state index is 5.92. The van der Waals surface area contributed by atoms with Gasteiger partial charge in [-0.15, -0.1) is 0 Å². The lowest BCUT2D eigenvalue weighted by molar-refractivity contribution is 0.0567. The van der Waals surface area contributed by atoms with Gasteiger partial charge in [0.25, 0.3) is 0 Å². The summed E-state index contributed by atoms with van der Waals surface area (Å²) in [6, 6.07) is 0. The molecule has 4 rings (SSSR count). The lowest BCUT2D eigenvalue weighted by Gasteiger charge is -2.43. The van der Waals surface area contributed by atoms with E-state index in [1.807, 2.05) is 0 Å². The molecule has 4 aliphatic rings. The third-order valence-electron chi connectivity index (χ3n) is 7.28. The van der Waals surface area contributed by atoms with Gasteiger partial charge in [-0.05, 0) is 99.0 Å². The highest BCUT2D eigenvalue weighted by molar-refractivity contribution is 5.14. The standard InChI is InChI=1S/C16H28N2/c17-8-10(9-18)6-16-4-3-13(7-16)14-11-1-2-12(5-11)15(14)16/h10-15H,1-9,17-18H2. The smallest absolute Gasteiger partial charge is 0.00366 e. The van der Waals surface area contributed by atoms with E-state index in [0.717, 1.165) is 42.7 Å². The lowest BCUT2D eigenvalue weighted by atomic mass is 9.62. The van der Waals surface area contributed by atoms with Crippen molar-refractivity contribution in [1.82, 2.24) is 0 Å². The summed E-state index contributed by atoms with van der Waals surface area (Å²) < 4.78 is 0. The summed E-state index contributed by atoms with van der Waals surface area (Å²) in [6.07, 6.45) is 10.6. The normalized spacial score (nSPS) is 52.5. The summed E-state index contributed by atoms with van der Waals surface area (Å²) in [5.41, 5.74) is 12.5. The first-order valence-electron chi connectivity index (χ1n) is 8.17. The fourth-order valence-electron chi connectivity index (χ4n) is 6.91. The Kier molecular flexibility index (Phi) is 2.58. The molecule has 0 aromatic rings. The number of nitrogens with two attached hydrogens (primary N) is 2. The first-order valence-corrected chi connectivity index (χ1v) is 8.17. The van der Waals surface area contributed by atoms with Gasteiger partial charge in [0.15, 0.2) is 0 Å². The largest absolute Gasteiger partial charge is 0.330 e. The van der Waals surface area contributed by atoms with Crippen LogP contribution in [-0.4, -0.2) is 13.1 Å². The Morgan fingerprint density at radius 2 is 1.78 bits per heavy atom. The van der Waals surface area contributed by atoms with Crippen molar-refractivity contribution in [3.8, 4) is 0 Å². The van der Waals surface area contributed by atoms with Crippen molar-refractivity contribution in [3.05, 3.63) is 0 Å². The summed E-state index contributed by atoms with van der Waals surface area (Å²) in [5, 5.41) is 0. The second-order valence-corrected chi connectivity index (χ2v) is 7.84. The van der Waals surface area contributed by atoms with Gasteiger partial charge in [0.1, 0.15) is 0 Å². The Morgan fingerprint density at radius 1 is 1.00 bits per heavy atom. The van der Waals surface area contributed by atoms with E-state index in [0.29, 0.717) is 11.3 Å². The molecular formula is C16H28N2. The molecule has 4 N–H and O–H groups in total. The molecule has 0 spiro atoms. The first kappa shape index (κ1) is 11.7. The molecule has 4 aliphatic carbocycles. The SMILES string of the molecule is NCC(CN)CC12CCC(C1)C1C3CCC(C3)C12. The quantitative estimate of drug-likeness (QED) is 0.751. The highest BCUT2D eigenvalue weighted by Gasteiger charge is 2.65. The molecule has 6 atom stereocenters. The van der Waals surface area contributed by atoms with E-state index >= 15 is 0 Å². The predicted octanol–water partition coefficient (Wildman–Crippen LogP) is 2.37. The Balaban J connectivity index is 1.61. The molecule has 0 amide bonds. The molecule has 4 fully saturated rings. The van der Waals surface area contributed by atoms with Gasteiger partial charge in [-0.2, -0.15) is 0 Å². The molecule has 4 saturated carbocycles. The highest BCUT2D eigenvalue weighted by Crippen LogP contribution is 2.73.